The summed E-state index contributed by atoms with van der Waals surface area (Å²) in [7, 11) is 0. The Hall–Kier alpha value is -4.32. The molecular weight excluding hydrogens is 492 g/mol. The first-order chi connectivity index (χ1) is 18.3. The average Bonchev–Trinajstić information content (AvgIpc) is 2.82. The number of rotatable bonds is 6. The van der Waals surface area contributed by atoms with Gasteiger partial charge in [-0.3, -0.25) is 0 Å². The second-order valence-electron chi connectivity index (χ2n) is 10.9. The minimum Gasteiger partial charge on any atom is -0.508 e. The molecule has 0 unspecified atom stereocenters. The van der Waals surface area contributed by atoms with Gasteiger partial charge in [0, 0.05) is 34.9 Å². The van der Waals surface area contributed by atoms with Gasteiger partial charge < -0.3 is 30.6 Å². The van der Waals surface area contributed by atoms with Crippen LogP contribution in [0.25, 0.3) is 33.4 Å². The summed E-state index contributed by atoms with van der Waals surface area (Å²) in [5.41, 5.74) is 6.40. The van der Waals surface area contributed by atoms with Gasteiger partial charge in [-0.15, -0.1) is 0 Å². The highest BCUT2D eigenvalue weighted by Gasteiger charge is 2.32. The summed E-state index contributed by atoms with van der Waals surface area (Å²) in [4.78, 5) is 0. The fraction of sp³-hybridized carbons (Fsp3) is 0.273. The van der Waals surface area contributed by atoms with Crippen molar-refractivity contribution in [2.45, 2.75) is 59.3 Å². The molecule has 204 valence electrons. The minimum absolute atomic E-state index is 0.0694. The van der Waals surface area contributed by atoms with Gasteiger partial charge in [-0.25, -0.2) is 0 Å². The maximum atomic E-state index is 11.1. The summed E-state index contributed by atoms with van der Waals surface area (Å²) in [6, 6.07) is 13.5. The first kappa shape index (κ1) is 27.7. The Kier molecular flexibility index (Phi) is 7.42. The van der Waals surface area contributed by atoms with Crippen molar-refractivity contribution in [2.75, 3.05) is 0 Å². The molecule has 0 aliphatic rings. The van der Waals surface area contributed by atoms with Gasteiger partial charge in [0.05, 0.1) is 0 Å². The molecule has 4 aromatic carbocycles. The molecule has 0 radical (unpaired) electrons. The molecule has 0 saturated carbocycles. The third kappa shape index (κ3) is 4.94. The largest absolute Gasteiger partial charge is 0.508 e. The molecule has 0 bridgehead atoms. The lowest BCUT2D eigenvalue weighted by Gasteiger charge is -2.32. The smallest absolute Gasteiger partial charge is 0.127 e. The normalized spacial score (nSPS) is 11.6. The van der Waals surface area contributed by atoms with Crippen LogP contribution in [-0.4, -0.2) is 30.6 Å². The Morgan fingerprint density at radius 2 is 0.615 bits per heavy atom. The zero-order chi connectivity index (χ0) is 28.8. The van der Waals surface area contributed by atoms with E-state index in [2.05, 4.69) is 0 Å². The van der Waals surface area contributed by atoms with Gasteiger partial charge in [-0.1, -0.05) is 41.5 Å². The summed E-state index contributed by atoms with van der Waals surface area (Å²) in [6.45, 7) is 12.3. The predicted octanol–water partition coefficient (Wildman–Crippen LogP) is 8.29. The van der Waals surface area contributed by atoms with Crippen LogP contribution < -0.4 is 0 Å². The fourth-order valence-electron chi connectivity index (χ4n) is 5.61. The first-order valence-corrected chi connectivity index (χ1v) is 13.1. The van der Waals surface area contributed by atoms with Gasteiger partial charge in [-0.05, 0) is 87.5 Å². The van der Waals surface area contributed by atoms with Crippen LogP contribution in [-0.2, 0) is 0 Å². The van der Waals surface area contributed by atoms with Crippen molar-refractivity contribution in [2.24, 2.45) is 0 Å². The lowest BCUT2D eigenvalue weighted by Crippen LogP contribution is -2.11. The molecule has 6 heteroatoms. The summed E-state index contributed by atoms with van der Waals surface area (Å²) >= 11 is 0. The van der Waals surface area contributed by atoms with E-state index >= 15 is 0 Å². The van der Waals surface area contributed by atoms with Crippen LogP contribution in [0.5, 0.6) is 34.5 Å². The monoisotopic (exact) mass is 528 g/mol. The molecule has 0 atom stereocenters. The molecule has 0 saturated heterocycles. The van der Waals surface area contributed by atoms with Crippen LogP contribution in [0.3, 0.4) is 0 Å². The highest BCUT2D eigenvalue weighted by atomic mass is 16.3. The van der Waals surface area contributed by atoms with E-state index in [1.54, 1.807) is 18.2 Å². The standard InChI is InChI=1S/C33H36O6/c1-16(2)28-31(22-10-7-19(34)13-25(22)37)29(17(3)4)33(24-12-9-21(36)15-27(24)39)30(18(5)6)32(28)23-11-8-20(35)14-26(23)38/h7-18,34-39H,1-6H3. The second kappa shape index (κ2) is 10.4. The molecular formula is C33H36O6. The molecule has 0 amide bonds. The van der Waals surface area contributed by atoms with Gasteiger partial charge in [0.25, 0.3) is 0 Å². The van der Waals surface area contributed by atoms with E-state index in [0.29, 0.717) is 16.7 Å². The zero-order valence-corrected chi connectivity index (χ0v) is 23.1. The quantitative estimate of drug-likeness (QED) is 0.150. The maximum absolute atomic E-state index is 11.1. The maximum Gasteiger partial charge on any atom is 0.127 e. The molecule has 0 aliphatic heterocycles. The Labute approximate surface area is 229 Å². The summed E-state index contributed by atoms with van der Waals surface area (Å²) < 4.78 is 0. The number of benzene rings is 4. The van der Waals surface area contributed by atoms with Gasteiger partial charge in [-0.2, -0.15) is 0 Å². The molecule has 0 fully saturated rings. The topological polar surface area (TPSA) is 121 Å². The number of hydrogen-bond acceptors (Lipinski definition) is 6. The Balaban J connectivity index is 2.40. The summed E-state index contributed by atoms with van der Waals surface area (Å²) in [5, 5.41) is 63.6. The first-order valence-electron chi connectivity index (χ1n) is 13.1. The van der Waals surface area contributed by atoms with Crippen molar-refractivity contribution in [1.29, 1.82) is 0 Å². The van der Waals surface area contributed by atoms with E-state index in [9.17, 15) is 30.6 Å². The molecule has 0 spiro atoms. The van der Waals surface area contributed by atoms with Crippen LogP contribution in [0.2, 0.25) is 0 Å². The lowest BCUT2D eigenvalue weighted by atomic mass is 9.71. The molecule has 4 aromatic rings. The van der Waals surface area contributed by atoms with Crippen molar-refractivity contribution in [3.05, 3.63) is 71.3 Å². The van der Waals surface area contributed by atoms with Crippen LogP contribution >= 0.6 is 0 Å². The van der Waals surface area contributed by atoms with Crippen molar-refractivity contribution in [3.63, 3.8) is 0 Å². The number of hydrogen-bond donors (Lipinski definition) is 6. The number of phenolic OH excluding ortho intramolecular Hbond substituents is 6. The highest BCUT2D eigenvalue weighted by molar-refractivity contribution is 5.96. The van der Waals surface area contributed by atoms with Gasteiger partial charge in [0.15, 0.2) is 0 Å². The zero-order valence-electron chi connectivity index (χ0n) is 23.1. The molecule has 39 heavy (non-hydrogen) atoms. The molecule has 6 N–H and O–H groups in total. The lowest BCUT2D eigenvalue weighted by molar-refractivity contribution is 0.451. The van der Waals surface area contributed by atoms with Crippen molar-refractivity contribution in [1.82, 2.24) is 0 Å². The van der Waals surface area contributed by atoms with Crippen LogP contribution in [0, 0.1) is 0 Å². The van der Waals surface area contributed by atoms with E-state index in [0.717, 1.165) is 33.4 Å². The van der Waals surface area contributed by atoms with E-state index in [1.165, 1.54) is 36.4 Å². The SMILES string of the molecule is CC(C)c1c(-c2ccc(O)cc2O)c(C(C)C)c(-c2ccc(O)cc2O)c(C(C)C)c1-c1ccc(O)cc1O. The van der Waals surface area contributed by atoms with Crippen LogP contribution in [0.15, 0.2) is 54.6 Å². The van der Waals surface area contributed by atoms with E-state index < -0.39 is 0 Å². The van der Waals surface area contributed by atoms with Crippen LogP contribution in [0.4, 0.5) is 0 Å². The summed E-state index contributed by atoms with van der Waals surface area (Å²) in [6.07, 6.45) is 0. The molecule has 4 rings (SSSR count). The highest BCUT2D eigenvalue weighted by Crippen LogP contribution is 2.55. The van der Waals surface area contributed by atoms with E-state index in [1.807, 2.05) is 41.5 Å². The number of aromatic hydroxyl groups is 6. The minimum atomic E-state index is -0.0992. The Bertz CT molecular complexity index is 1340. The van der Waals surface area contributed by atoms with Crippen molar-refractivity contribution < 1.29 is 30.6 Å². The Morgan fingerprint density at radius 1 is 0.385 bits per heavy atom. The molecule has 0 aliphatic carbocycles. The molecule has 0 heterocycles. The molecule has 6 nitrogen and oxygen atoms in total. The third-order valence-corrected chi connectivity index (χ3v) is 7.10. The number of phenols is 6. The fourth-order valence-corrected chi connectivity index (χ4v) is 5.61. The second-order valence-corrected chi connectivity index (χ2v) is 10.9. The molecule has 0 aromatic heterocycles. The third-order valence-electron chi connectivity index (χ3n) is 7.10. The van der Waals surface area contributed by atoms with Gasteiger partial charge >= 0.3 is 0 Å². The van der Waals surface area contributed by atoms with Gasteiger partial charge in [0.1, 0.15) is 34.5 Å². The predicted molar refractivity (Wildman–Crippen MR) is 155 cm³/mol. The van der Waals surface area contributed by atoms with Gasteiger partial charge in [0.2, 0.25) is 0 Å². The van der Waals surface area contributed by atoms with E-state index in [4.69, 9.17) is 0 Å². The van der Waals surface area contributed by atoms with Crippen molar-refractivity contribution in [3.8, 4) is 67.9 Å². The summed E-state index contributed by atoms with van der Waals surface area (Å²) in [5.74, 6) is -0.731. The Morgan fingerprint density at radius 3 is 0.795 bits per heavy atom. The van der Waals surface area contributed by atoms with E-state index in [-0.39, 0.29) is 52.3 Å². The van der Waals surface area contributed by atoms with Crippen LogP contribution in [0.1, 0.15) is 76.0 Å². The average molecular weight is 529 g/mol. The van der Waals surface area contributed by atoms with Crippen molar-refractivity contribution >= 4 is 0 Å².